The average molecular weight is 412 g/mol. The van der Waals surface area contributed by atoms with Crippen LogP contribution in [0.2, 0.25) is 0 Å². The third-order valence-corrected chi connectivity index (χ3v) is 5.32. The molecule has 2 amide bonds. The Labute approximate surface area is 176 Å². The summed E-state index contributed by atoms with van der Waals surface area (Å²) in [6, 6.07) is 14.8. The lowest BCUT2D eigenvalue weighted by molar-refractivity contribution is -0.140. The van der Waals surface area contributed by atoms with Gasteiger partial charge in [0.2, 0.25) is 0 Å². The Morgan fingerprint density at radius 2 is 1.68 bits per heavy atom. The Kier molecular flexibility index (Phi) is 4.15. The number of amides is 2. The summed E-state index contributed by atoms with van der Waals surface area (Å²) in [7, 11) is 0. The van der Waals surface area contributed by atoms with Gasteiger partial charge in [0.15, 0.2) is 22.7 Å². The van der Waals surface area contributed by atoms with E-state index in [2.05, 4.69) is 0 Å². The normalized spacial score (nSPS) is 16.2. The largest absolute Gasteiger partial charge is 0.453 e. The maximum Gasteiger partial charge on any atom is 0.271 e. The number of nitrogens with zero attached hydrogens (tertiary/aromatic N) is 2. The minimum absolute atomic E-state index is 0.0462. The fourth-order valence-corrected chi connectivity index (χ4v) is 3.71. The first-order valence-corrected chi connectivity index (χ1v) is 9.71. The molecule has 0 atom stereocenters. The highest BCUT2D eigenvalue weighted by Gasteiger charge is 2.34. The van der Waals surface area contributed by atoms with Crippen molar-refractivity contribution in [2.45, 2.75) is 13.8 Å². The van der Waals surface area contributed by atoms with Crippen LogP contribution >= 0.6 is 0 Å². The molecule has 1 aromatic carbocycles. The van der Waals surface area contributed by atoms with Gasteiger partial charge in [-0.3, -0.25) is 14.5 Å². The highest BCUT2D eigenvalue weighted by molar-refractivity contribution is 6.19. The molecule has 7 nitrogen and oxygen atoms in total. The summed E-state index contributed by atoms with van der Waals surface area (Å²) in [5.41, 5.74) is 2.28. The molecule has 5 rings (SSSR count). The van der Waals surface area contributed by atoms with E-state index < -0.39 is 11.8 Å². The van der Waals surface area contributed by atoms with Crippen LogP contribution in [0.15, 0.2) is 72.4 Å². The van der Waals surface area contributed by atoms with Gasteiger partial charge in [-0.15, -0.1) is 0 Å². The third kappa shape index (κ3) is 2.89. The molecule has 0 unspecified atom stereocenters. The summed E-state index contributed by atoms with van der Waals surface area (Å²) < 4.78 is 17.5. The van der Waals surface area contributed by atoms with Crippen molar-refractivity contribution in [3.05, 3.63) is 64.9 Å². The molecule has 31 heavy (non-hydrogen) atoms. The molecule has 0 N–H and O–H groups in total. The summed E-state index contributed by atoms with van der Waals surface area (Å²) in [5, 5.41) is 10.3. The van der Waals surface area contributed by atoms with Gasteiger partial charge >= 0.3 is 0 Å². The zero-order valence-electron chi connectivity index (χ0n) is 16.8. The maximum absolute atomic E-state index is 12.7. The van der Waals surface area contributed by atoms with Crippen LogP contribution in [0.5, 0.6) is 0 Å². The van der Waals surface area contributed by atoms with Crippen LogP contribution in [-0.2, 0) is 9.59 Å². The SMILES string of the molecule is CCN1C(=O)C(C#N)=C(C)/C(=C/c2cc3oc(-c4cc5ccccc5o4)cc3o2)C1=O. The molecule has 0 radical (unpaired) electrons. The van der Waals surface area contributed by atoms with Crippen molar-refractivity contribution >= 4 is 40.0 Å². The van der Waals surface area contributed by atoms with Gasteiger partial charge < -0.3 is 13.3 Å². The van der Waals surface area contributed by atoms with Gasteiger partial charge in [-0.2, -0.15) is 5.26 Å². The van der Waals surface area contributed by atoms with Crippen molar-refractivity contribution in [1.29, 1.82) is 5.26 Å². The van der Waals surface area contributed by atoms with E-state index in [0.717, 1.165) is 15.9 Å². The van der Waals surface area contributed by atoms with Crippen molar-refractivity contribution in [3.8, 4) is 17.6 Å². The molecule has 0 aliphatic carbocycles. The number of fused-ring (bicyclic) bond motifs is 2. The zero-order valence-corrected chi connectivity index (χ0v) is 16.8. The Hall–Kier alpha value is -4.31. The number of rotatable bonds is 3. The van der Waals surface area contributed by atoms with E-state index in [9.17, 15) is 14.9 Å². The number of para-hydroxylation sites is 1. The van der Waals surface area contributed by atoms with Crippen LogP contribution in [0.4, 0.5) is 0 Å². The topological polar surface area (TPSA) is 101 Å². The first kappa shape index (κ1) is 18.7. The Morgan fingerprint density at radius 3 is 2.39 bits per heavy atom. The number of furan rings is 3. The predicted octanol–water partition coefficient (Wildman–Crippen LogP) is 5.05. The zero-order chi connectivity index (χ0) is 21.7. The van der Waals surface area contributed by atoms with Crippen molar-refractivity contribution < 1.29 is 22.8 Å². The average Bonchev–Trinajstić information content (AvgIpc) is 3.44. The minimum atomic E-state index is -0.576. The highest BCUT2D eigenvalue weighted by atomic mass is 16.4. The second-order valence-corrected chi connectivity index (χ2v) is 7.16. The van der Waals surface area contributed by atoms with Crippen molar-refractivity contribution in [2.24, 2.45) is 0 Å². The lowest BCUT2D eigenvalue weighted by Gasteiger charge is -2.25. The van der Waals surface area contributed by atoms with Gasteiger partial charge in [0, 0.05) is 29.6 Å². The first-order chi connectivity index (χ1) is 15.0. The van der Waals surface area contributed by atoms with Crippen LogP contribution in [0, 0.1) is 11.3 Å². The molecule has 1 aliphatic heterocycles. The van der Waals surface area contributed by atoms with Crippen LogP contribution in [0.25, 0.3) is 39.7 Å². The van der Waals surface area contributed by atoms with Gasteiger partial charge in [0.05, 0.1) is 0 Å². The first-order valence-electron chi connectivity index (χ1n) is 9.71. The summed E-state index contributed by atoms with van der Waals surface area (Å²) in [5.74, 6) is 0.469. The fraction of sp³-hybridized carbons (Fsp3) is 0.125. The van der Waals surface area contributed by atoms with Crippen molar-refractivity contribution in [3.63, 3.8) is 0 Å². The Morgan fingerprint density at radius 1 is 0.968 bits per heavy atom. The quantitative estimate of drug-likeness (QED) is 0.345. The summed E-state index contributed by atoms with van der Waals surface area (Å²) >= 11 is 0. The molecule has 7 heteroatoms. The molecule has 4 heterocycles. The van der Waals surface area contributed by atoms with E-state index in [-0.39, 0.29) is 17.7 Å². The van der Waals surface area contributed by atoms with Gasteiger partial charge in [-0.05, 0) is 37.6 Å². The molecule has 152 valence electrons. The molecule has 0 bridgehead atoms. The maximum atomic E-state index is 12.7. The second kappa shape index (κ2) is 6.89. The lowest BCUT2D eigenvalue weighted by Crippen LogP contribution is -2.42. The van der Waals surface area contributed by atoms with E-state index in [1.807, 2.05) is 36.4 Å². The van der Waals surface area contributed by atoms with Gasteiger partial charge in [0.1, 0.15) is 23.0 Å². The summed E-state index contributed by atoms with van der Waals surface area (Å²) in [6.45, 7) is 3.44. The van der Waals surface area contributed by atoms with E-state index in [1.165, 1.54) is 6.08 Å². The number of carbonyl (C=O) groups is 2. The van der Waals surface area contributed by atoms with Crippen LogP contribution < -0.4 is 0 Å². The monoisotopic (exact) mass is 412 g/mol. The molecule has 0 fully saturated rings. The number of hydrogen-bond acceptors (Lipinski definition) is 6. The smallest absolute Gasteiger partial charge is 0.271 e. The van der Waals surface area contributed by atoms with E-state index in [0.29, 0.717) is 34.0 Å². The lowest BCUT2D eigenvalue weighted by atomic mass is 9.95. The van der Waals surface area contributed by atoms with E-state index in [4.69, 9.17) is 13.3 Å². The molecular formula is C24H16N2O5. The van der Waals surface area contributed by atoms with Gasteiger partial charge in [-0.1, -0.05) is 18.2 Å². The molecule has 3 aromatic heterocycles. The minimum Gasteiger partial charge on any atom is -0.453 e. The third-order valence-electron chi connectivity index (χ3n) is 5.32. The van der Waals surface area contributed by atoms with E-state index in [1.54, 1.807) is 26.0 Å². The number of imide groups is 1. The highest BCUT2D eigenvalue weighted by Crippen LogP contribution is 2.35. The van der Waals surface area contributed by atoms with Gasteiger partial charge in [-0.25, -0.2) is 0 Å². The second-order valence-electron chi connectivity index (χ2n) is 7.16. The standard InChI is InChI=1S/C24H16N2O5/c1-3-26-23(27)16(13(2)17(12-25)24(26)28)9-15-10-20-21(29-15)11-22(31-20)19-8-14-6-4-5-7-18(14)30-19/h4-11H,3H2,1-2H3/b16-9-. The summed E-state index contributed by atoms with van der Waals surface area (Å²) in [4.78, 5) is 26.1. The summed E-state index contributed by atoms with van der Waals surface area (Å²) in [6.07, 6.45) is 1.53. The molecule has 0 spiro atoms. The molecule has 1 aliphatic rings. The van der Waals surface area contributed by atoms with E-state index >= 15 is 0 Å². The predicted molar refractivity (Wildman–Crippen MR) is 112 cm³/mol. The van der Waals surface area contributed by atoms with Crippen molar-refractivity contribution in [1.82, 2.24) is 4.90 Å². The Balaban J connectivity index is 1.54. The van der Waals surface area contributed by atoms with Crippen LogP contribution in [0.1, 0.15) is 19.6 Å². The number of benzene rings is 1. The van der Waals surface area contributed by atoms with Crippen LogP contribution in [0.3, 0.4) is 0 Å². The molecule has 0 saturated carbocycles. The van der Waals surface area contributed by atoms with Crippen molar-refractivity contribution in [2.75, 3.05) is 6.54 Å². The number of nitriles is 1. The number of hydrogen-bond donors (Lipinski definition) is 0. The molecule has 4 aromatic rings. The van der Waals surface area contributed by atoms with Gasteiger partial charge in [0.25, 0.3) is 11.8 Å². The fourth-order valence-electron chi connectivity index (χ4n) is 3.71. The molecular weight excluding hydrogens is 396 g/mol. The number of likely N-dealkylation sites (N-methyl/N-ethyl adjacent to an activating group) is 1. The molecule has 0 saturated heterocycles. The van der Waals surface area contributed by atoms with Crippen LogP contribution in [-0.4, -0.2) is 23.3 Å². The Bertz CT molecular complexity index is 1420. The number of carbonyl (C=O) groups excluding carboxylic acids is 2.